The molecule has 1 aromatic carbocycles. The second kappa shape index (κ2) is 11.0. The standard InChI is InChI=1S/C21H28N4O2.ClH/c1-16-15-19(26)20(24-25(16)18-11-7-4-8-12-18)21(27)23-14-13-22-17-9-5-2-3-6-10-17;/h4,7-8,11-12,15,17,22H,2-3,5-6,9-10,13-14H2,1H3,(H,23,27);1H. The van der Waals surface area contributed by atoms with Crippen molar-refractivity contribution >= 4 is 18.3 Å². The molecule has 0 spiro atoms. The minimum atomic E-state index is -0.424. The number of rotatable bonds is 6. The highest BCUT2D eigenvalue weighted by atomic mass is 35.5. The smallest absolute Gasteiger partial charge is 0.275 e. The fraction of sp³-hybridized carbons (Fsp3) is 0.476. The van der Waals surface area contributed by atoms with Gasteiger partial charge in [0.2, 0.25) is 5.43 Å². The molecule has 28 heavy (non-hydrogen) atoms. The van der Waals surface area contributed by atoms with Crippen LogP contribution in [0.3, 0.4) is 0 Å². The van der Waals surface area contributed by atoms with E-state index >= 15 is 0 Å². The third-order valence-corrected chi connectivity index (χ3v) is 5.02. The van der Waals surface area contributed by atoms with E-state index in [9.17, 15) is 9.59 Å². The van der Waals surface area contributed by atoms with Gasteiger partial charge in [-0.1, -0.05) is 43.9 Å². The van der Waals surface area contributed by atoms with Crippen molar-refractivity contribution in [1.82, 2.24) is 20.4 Å². The zero-order chi connectivity index (χ0) is 19.1. The summed E-state index contributed by atoms with van der Waals surface area (Å²) in [5.41, 5.74) is 1.09. The van der Waals surface area contributed by atoms with Gasteiger partial charge in [0.25, 0.3) is 5.91 Å². The molecule has 2 N–H and O–H groups in total. The normalized spacial score (nSPS) is 14.8. The molecule has 1 aromatic heterocycles. The van der Waals surface area contributed by atoms with E-state index in [0.29, 0.717) is 24.8 Å². The molecule has 2 aromatic rings. The Morgan fingerprint density at radius 2 is 1.79 bits per heavy atom. The van der Waals surface area contributed by atoms with Gasteiger partial charge < -0.3 is 10.6 Å². The van der Waals surface area contributed by atoms with Gasteiger partial charge in [-0.15, -0.1) is 12.4 Å². The van der Waals surface area contributed by atoms with Crippen molar-refractivity contribution in [2.75, 3.05) is 13.1 Å². The van der Waals surface area contributed by atoms with E-state index in [-0.39, 0.29) is 23.5 Å². The van der Waals surface area contributed by atoms with Gasteiger partial charge in [-0.25, -0.2) is 4.68 Å². The quantitative estimate of drug-likeness (QED) is 0.573. The number of benzene rings is 1. The van der Waals surface area contributed by atoms with Crippen LogP contribution in [0, 0.1) is 6.92 Å². The summed E-state index contributed by atoms with van der Waals surface area (Å²) in [4.78, 5) is 24.7. The number of carbonyl (C=O) groups is 1. The summed E-state index contributed by atoms with van der Waals surface area (Å²) in [7, 11) is 0. The van der Waals surface area contributed by atoms with E-state index in [1.54, 1.807) is 11.6 Å². The minimum absolute atomic E-state index is 0. The number of para-hydroxylation sites is 1. The van der Waals surface area contributed by atoms with Crippen molar-refractivity contribution in [2.24, 2.45) is 0 Å². The van der Waals surface area contributed by atoms with Crippen molar-refractivity contribution in [3.8, 4) is 5.69 Å². The average molecular weight is 405 g/mol. The SMILES string of the molecule is Cc1cc(=O)c(C(=O)NCCNC2CCCCCC2)nn1-c1ccccc1.Cl. The van der Waals surface area contributed by atoms with Gasteiger partial charge in [0.05, 0.1) is 5.69 Å². The molecule has 1 saturated carbocycles. The first-order valence-corrected chi connectivity index (χ1v) is 9.83. The number of amides is 1. The van der Waals surface area contributed by atoms with Crippen LogP contribution >= 0.6 is 12.4 Å². The summed E-state index contributed by atoms with van der Waals surface area (Å²) < 4.78 is 1.63. The van der Waals surface area contributed by atoms with Gasteiger partial charge in [0.15, 0.2) is 5.69 Å². The number of halogens is 1. The lowest BCUT2D eigenvalue weighted by Gasteiger charge is -2.16. The number of aryl methyl sites for hydroxylation is 1. The lowest BCUT2D eigenvalue weighted by Crippen LogP contribution is -2.39. The van der Waals surface area contributed by atoms with Crippen molar-refractivity contribution < 1.29 is 4.79 Å². The van der Waals surface area contributed by atoms with Gasteiger partial charge in [-0.2, -0.15) is 5.10 Å². The third kappa shape index (κ3) is 5.91. The number of carbonyl (C=O) groups excluding carboxylic acids is 1. The molecule has 7 heteroatoms. The predicted molar refractivity (Wildman–Crippen MR) is 114 cm³/mol. The second-order valence-electron chi connectivity index (χ2n) is 7.14. The predicted octanol–water partition coefficient (Wildman–Crippen LogP) is 3.00. The van der Waals surface area contributed by atoms with E-state index < -0.39 is 5.91 Å². The summed E-state index contributed by atoms with van der Waals surface area (Å²) in [5.74, 6) is -0.424. The van der Waals surface area contributed by atoms with Crippen molar-refractivity contribution in [1.29, 1.82) is 0 Å². The summed E-state index contributed by atoms with van der Waals surface area (Å²) >= 11 is 0. The van der Waals surface area contributed by atoms with Crippen LogP contribution in [0.2, 0.25) is 0 Å². The van der Waals surface area contributed by atoms with E-state index in [2.05, 4.69) is 15.7 Å². The first-order chi connectivity index (χ1) is 13.1. The van der Waals surface area contributed by atoms with E-state index in [4.69, 9.17) is 0 Å². The highest BCUT2D eigenvalue weighted by molar-refractivity contribution is 5.92. The van der Waals surface area contributed by atoms with Crippen LogP contribution in [0.5, 0.6) is 0 Å². The Labute approximate surface area is 172 Å². The molecule has 6 nitrogen and oxygen atoms in total. The molecule has 3 rings (SSSR count). The van der Waals surface area contributed by atoms with Gasteiger partial charge in [0.1, 0.15) is 0 Å². The van der Waals surface area contributed by atoms with Crippen LogP contribution in [-0.2, 0) is 0 Å². The summed E-state index contributed by atoms with van der Waals surface area (Å²) in [6, 6.07) is 11.5. The lowest BCUT2D eigenvalue weighted by atomic mass is 10.1. The molecule has 0 atom stereocenters. The monoisotopic (exact) mass is 404 g/mol. The average Bonchev–Trinajstić information content (AvgIpc) is 2.95. The molecule has 0 saturated heterocycles. The van der Waals surface area contributed by atoms with E-state index in [0.717, 1.165) is 5.69 Å². The molecule has 1 amide bonds. The Balaban J connectivity index is 0.00000280. The molecular formula is C21H29ClN4O2. The maximum absolute atomic E-state index is 12.5. The third-order valence-electron chi connectivity index (χ3n) is 5.02. The number of nitrogens with zero attached hydrogens (tertiary/aromatic N) is 2. The van der Waals surface area contributed by atoms with Crippen LogP contribution in [0.1, 0.15) is 54.7 Å². The Hall–Kier alpha value is -2.18. The maximum Gasteiger partial charge on any atom is 0.275 e. The van der Waals surface area contributed by atoms with Crippen LogP contribution in [0.25, 0.3) is 5.69 Å². The highest BCUT2D eigenvalue weighted by Crippen LogP contribution is 2.16. The second-order valence-corrected chi connectivity index (χ2v) is 7.14. The molecule has 1 heterocycles. The van der Waals surface area contributed by atoms with Crippen molar-refractivity contribution in [2.45, 2.75) is 51.5 Å². The lowest BCUT2D eigenvalue weighted by molar-refractivity contribution is 0.0945. The topological polar surface area (TPSA) is 76.0 Å². The highest BCUT2D eigenvalue weighted by Gasteiger charge is 2.15. The Morgan fingerprint density at radius 1 is 1.11 bits per heavy atom. The molecule has 1 aliphatic rings. The fourth-order valence-electron chi connectivity index (χ4n) is 3.55. The molecule has 152 valence electrons. The van der Waals surface area contributed by atoms with E-state index in [1.165, 1.54) is 44.6 Å². The maximum atomic E-state index is 12.5. The molecule has 1 aliphatic carbocycles. The van der Waals surface area contributed by atoms with Crippen molar-refractivity contribution in [3.05, 3.63) is 58.0 Å². The summed E-state index contributed by atoms with van der Waals surface area (Å²) in [6.45, 7) is 2.99. The number of aromatic nitrogens is 2. The van der Waals surface area contributed by atoms with Gasteiger partial charge >= 0.3 is 0 Å². The summed E-state index contributed by atoms with van der Waals surface area (Å²) in [6.07, 6.45) is 7.60. The van der Waals surface area contributed by atoms with Crippen LogP contribution in [0.4, 0.5) is 0 Å². The Bertz CT molecular complexity index is 815. The van der Waals surface area contributed by atoms with Gasteiger partial charge in [-0.3, -0.25) is 9.59 Å². The largest absolute Gasteiger partial charge is 0.349 e. The molecule has 0 unspecified atom stereocenters. The Kier molecular flexibility index (Phi) is 8.67. The summed E-state index contributed by atoms with van der Waals surface area (Å²) in [5, 5.41) is 10.6. The molecule has 0 aliphatic heterocycles. The van der Waals surface area contributed by atoms with Crippen LogP contribution < -0.4 is 16.1 Å². The molecule has 0 bridgehead atoms. The zero-order valence-corrected chi connectivity index (χ0v) is 17.1. The Morgan fingerprint density at radius 3 is 2.46 bits per heavy atom. The van der Waals surface area contributed by atoms with Crippen molar-refractivity contribution in [3.63, 3.8) is 0 Å². The first-order valence-electron chi connectivity index (χ1n) is 9.83. The molecule has 0 radical (unpaired) electrons. The fourth-order valence-corrected chi connectivity index (χ4v) is 3.55. The van der Waals surface area contributed by atoms with Crippen LogP contribution in [-0.4, -0.2) is 34.8 Å². The zero-order valence-electron chi connectivity index (χ0n) is 16.3. The number of hydrogen-bond donors (Lipinski definition) is 2. The van der Waals surface area contributed by atoms with Crippen LogP contribution in [0.15, 0.2) is 41.2 Å². The van der Waals surface area contributed by atoms with Gasteiger partial charge in [0, 0.05) is 30.9 Å². The minimum Gasteiger partial charge on any atom is -0.349 e. The molecule has 1 fully saturated rings. The number of hydrogen-bond acceptors (Lipinski definition) is 4. The molecular weight excluding hydrogens is 376 g/mol. The first kappa shape index (κ1) is 22.1. The van der Waals surface area contributed by atoms with E-state index in [1.807, 2.05) is 30.3 Å². The number of nitrogens with one attached hydrogen (secondary N) is 2. The van der Waals surface area contributed by atoms with Gasteiger partial charge in [-0.05, 0) is 31.9 Å².